The number of benzene rings is 3. The SMILES string of the molecule is CCCOc1ccc(/C=N\NC(=O)CSc2nnc(-c3ccccc3)n2-c2ccc(OC)cc2)cc1. The van der Waals surface area contributed by atoms with Gasteiger partial charge in [0.15, 0.2) is 11.0 Å². The van der Waals surface area contributed by atoms with Crippen molar-refractivity contribution in [3.63, 3.8) is 0 Å². The Balaban J connectivity index is 1.43. The minimum absolute atomic E-state index is 0.129. The first kappa shape index (κ1) is 25.0. The number of nitrogens with one attached hydrogen (secondary N) is 1. The number of carbonyl (C=O) groups excluding carboxylic acids is 1. The van der Waals surface area contributed by atoms with Crippen molar-refractivity contribution in [3.8, 4) is 28.6 Å². The number of methoxy groups -OCH3 is 1. The van der Waals surface area contributed by atoms with E-state index in [1.807, 2.05) is 83.4 Å². The van der Waals surface area contributed by atoms with Gasteiger partial charge in [-0.2, -0.15) is 5.10 Å². The molecule has 4 rings (SSSR count). The lowest BCUT2D eigenvalue weighted by molar-refractivity contribution is -0.118. The monoisotopic (exact) mass is 501 g/mol. The maximum atomic E-state index is 12.4. The van der Waals surface area contributed by atoms with E-state index in [-0.39, 0.29) is 11.7 Å². The van der Waals surface area contributed by atoms with Gasteiger partial charge in [0, 0.05) is 11.3 Å². The van der Waals surface area contributed by atoms with Crippen molar-refractivity contribution in [1.82, 2.24) is 20.2 Å². The van der Waals surface area contributed by atoms with Crippen LogP contribution in [0.5, 0.6) is 11.5 Å². The summed E-state index contributed by atoms with van der Waals surface area (Å²) < 4.78 is 12.8. The number of hydrazone groups is 1. The van der Waals surface area contributed by atoms with E-state index < -0.39 is 0 Å². The molecule has 0 aliphatic heterocycles. The van der Waals surface area contributed by atoms with Crippen LogP contribution >= 0.6 is 11.8 Å². The lowest BCUT2D eigenvalue weighted by Crippen LogP contribution is -2.20. The van der Waals surface area contributed by atoms with Crippen molar-refractivity contribution in [1.29, 1.82) is 0 Å². The second kappa shape index (κ2) is 12.6. The van der Waals surface area contributed by atoms with Crippen LogP contribution in [0.1, 0.15) is 18.9 Å². The summed E-state index contributed by atoms with van der Waals surface area (Å²) in [6, 6.07) is 25.0. The second-order valence-corrected chi connectivity index (χ2v) is 8.65. The molecular formula is C27H27N5O3S. The highest BCUT2D eigenvalue weighted by molar-refractivity contribution is 7.99. The van der Waals surface area contributed by atoms with Gasteiger partial charge in [-0.05, 0) is 60.5 Å². The Kier molecular flexibility index (Phi) is 8.72. The molecule has 0 spiro atoms. The molecule has 184 valence electrons. The van der Waals surface area contributed by atoms with Gasteiger partial charge >= 0.3 is 0 Å². The summed E-state index contributed by atoms with van der Waals surface area (Å²) in [5, 5.41) is 13.4. The molecule has 0 radical (unpaired) electrons. The number of amides is 1. The fourth-order valence-corrected chi connectivity index (χ4v) is 4.06. The molecule has 0 bridgehead atoms. The Hall–Kier alpha value is -4.11. The van der Waals surface area contributed by atoms with Gasteiger partial charge in [-0.25, -0.2) is 5.43 Å². The van der Waals surface area contributed by atoms with Crippen LogP contribution in [0.3, 0.4) is 0 Å². The lowest BCUT2D eigenvalue weighted by Gasteiger charge is -2.11. The van der Waals surface area contributed by atoms with E-state index in [0.29, 0.717) is 17.6 Å². The quantitative estimate of drug-likeness (QED) is 0.177. The van der Waals surface area contributed by atoms with Gasteiger partial charge < -0.3 is 9.47 Å². The topological polar surface area (TPSA) is 90.6 Å². The van der Waals surface area contributed by atoms with Crippen LogP contribution in [-0.4, -0.2) is 46.4 Å². The van der Waals surface area contributed by atoms with Crippen molar-refractivity contribution < 1.29 is 14.3 Å². The average molecular weight is 502 g/mol. The van der Waals surface area contributed by atoms with Gasteiger partial charge in [0.25, 0.3) is 5.91 Å². The van der Waals surface area contributed by atoms with Crippen LogP contribution in [0.2, 0.25) is 0 Å². The Morgan fingerprint density at radius 1 is 1.00 bits per heavy atom. The van der Waals surface area contributed by atoms with Crippen molar-refractivity contribution in [2.75, 3.05) is 19.5 Å². The Morgan fingerprint density at radius 3 is 2.42 bits per heavy atom. The van der Waals surface area contributed by atoms with Gasteiger partial charge in [-0.3, -0.25) is 9.36 Å². The molecule has 1 heterocycles. The van der Waals surface area contributed by atoms with Crippen molar-refractivity contribution in [2.24, 2.45) is 5.10 Å². The number of carbonyl (C=O) groups is 1. The fourth-order valence-electron chi connectivity index (χ4n) is 3.31. The molecule has 0 saturated carbocycles. The lowest BCUT2D eigenvalue weighted by atomic mass is 10.2. The summed E-state index contributed by atoms with van der Waals surface area (Å²) in [5.41, 5.74) is 5.22. The molecule has 0 fully saturated rings. The number of hydrogen-bond donors (Lipinski definition) is 1. The molecule has 0 aliphatic carbocycles. The molecule has 4 aromatic rings. The first-order valence-electron chi connectivity index (χ1n) is 11.5. The third kappa shape index (κ3) is 6.51. The summed E-state index contributed by atoms with van der Waals surface area (Å²) in [6.07, 6.45) is 2.55. The first-order valence-corrected chi connectivity index (χ1v) is 12.5. The zero-order valence-electron chi connectivity index (χ0n) is 20.1. The highest BCUT2D eigenvalue weighted by atomic mass is 32.2. The predicted molar refractivity (Wildman–Crippen MR) is 142 cm³/mol. The van der Waals surface area contributed by atoms with E-state index in [1.54, 1.807) is 13.3 Å². The smallest absolute Gasteiger partial charge is 0.250 e. The number of hydrogen-bond acceptors (Lipinski definition) is 7. The molecule has 1 N–H and O–H groups in total. The maximum Gasteiger partial charge on any atom is 0.250 e. The molecule has 9 heteroatoms. The average Bonchev–Trinajstić information content (AvgIpc) is 3.36. The number of ether oxygens (including phenoxy) is 2. The number of aromatic nitrogens is 3. The van der Waals surface area contributed by atoms with Gasteiger partial charge in [-0.1, -0.05) is 49.0 Å². The Labute approximate surface area is 214 Å². The van der Waals surface area contributed by atoms with Gasteiger partial charge in [0.05, 0.1) is 25.7 Å². The van der Waals surface area contributed by atoms with Gasteiger partial charge in [0.1, 0.15) is 11.5 Å². The van der Waals surface area contributed by atoms with Crippen LogP contribution in [0.25, 0.3) is 17.1 Å². The van der Waals surface area contributed by atoms with Crippen LogP contribution in [0.4, 0.5) is 0 Å². The number of nitrogens with zero attached hydrogens (tertiary/aromatic N) is 4. The summed E-state index contributed by atoms with van der Waals surface area (Å²) >= 11 is 1.29. The summed E-state index contributed by atoms with van der Waals surface area (Å²) in [4.78, 5) is 12.4. The zero-order valence-corrected chi connectivity index (χ0v) is 20.9. The third-order valence-electron chi connectivity index (χ3n) is 5.08. The van der Waals surface area contributed by atoms with Gasteiger partial charge in [-0.15, -0.1) is 10.2 Å². The van der Waals surface area contributed by atoms with E-state index in [9.17, 15) is 4.79 Å². The number of thioether (sulfide) groups is 1. The highest BCUT2D eigenvalue weighted by Gasteiger charge is 2.17. The third-order valence-corrected chi connectivity index (χ3v) is 6.01. The van der Waals surface area contributed by atoms with E-state index in [1.165, 1.54) is 11.8 Å². The normalized spacial score (nSPS) is 10.9. The van der Waals surface area contributed by atoms with Crippen molar-refractivity contribution in [3.05, 3.63) is 84.4 Å². The van der Waals surface area contributed by atoms with E-state index >= 15 is 0 Å². The van der Waals surface area contributed by atoms with Crippen LogP contribution < -0.4 is 14.9 Å². The maximum absolute atomic E-state index is 12.4. The molecule has 0 saturated heterocycles. The molecule has 0 aliphatic rings. The van der Waals surface area contributed by atoms with E-state index in [2.05, 4.69) is 27.6 Å². The molecule has 0 atom stereocenters. The zero-order chi connectivity index (χ0) is 25.2. The Morgan fingerprint density at radius 2 is 1.72 bits per heavy atom. The second-order valence-electron chi connectivity index (χ2n) is 7.70. The van der Waals surface area contributed by atoms with E-state index in [4.69, 9.17) is 9.47 Å². The molecule has 3 aromatic carbocycles. The molecule has 36 heavy (non-hydrogen) atoms. The highest BCUT2D eigenvalue weighted by Crippen LogP contribution is 2.28. The van der Waals surface area contributed by atoms with Crippen LogP contribution in [-0.2, 0) is 4.79 Å². The molecular weight excluding hydrogens is 474 g/mol. The van der Waals surface area contributed by atoms with Crippen LogP contribution in [0, 0.1) is 0 Å². The molecule has 1 amide bonds. The molecule has 8 nitrogen and oxygen atoms in total. The van der Waals surface area contributed by atoms with Gasteiger partial charge in [0.2, 0.25) is 0 Å². The summed E-state index contributed by atoms with van der Waals surface area (Å²) in [7, 11) is 1.63. The van der Waals surface area contributed by atoms with Crippen molar-refractivity contribution >= 4 is 23.9 Å². The van der Waals surface area contributed by atoms with Crippen molar-refractivity contribution in [2.45, 2.75) is 18.5 Å². The standard InChI is InChI=1S/C27H27N5O3S/c1-3-17-35-24-13-9-20(10-14-24)18-28-29-25(33)19-36-27-31-30-26(21-7-5-4-6-8-21)32(27)22-11-15-23(34-2)16-12-22/h4-16,18H,3,17,19H2,1-2H3,(H,29,33)/b28-18-. The summed E-state index contributed by atoms with van der Waals surface area (Å²) in [6.45, 7) is 2.74. The van der Waals surface area contributed by atoms with Crippen LogP contribution in [0.15, 0.2) is 89.1 Å². The van der Waals surface area contributed by atoms with E-state index in [0.717, 1.165) is 34.7 Å². The first-order chi connectivity index (χ1) is 17.7. The largest absolute Gasteiger partial charge is 0.497 e. The minimum atomic E-state index is -0.246. The predicted octanol–water partition coefficient (Wildman–Crippen LogP) is 4.97. The molecule has 0 unspecified atom stereocenters. The Bertz CT molecular complexity index is 1290. The molecule has 1 aromatic heterocycles. The fraction of sp³-hybridized carbons (Fsp3) is 0.185. The number of rotatable bonds is 11. The minimum Gasteiger partial charge on any atom is -0.497 e. The summed E-state index contributed by atoms with van der Waals surface area (Å²) in [5.74, 6) is 2.13.